The molecule has 2 amide bonds. The minimum Gasteiger partial charge on any atom is -0.480 e. The van der Waals surface area contributed by atoms with E-state index in [-0.39, 0.29) is 0 Å². The summed E-state index contributed by atoms with van der Waals surface area (Å²) in [7, 11) is 2.70. The molecule has 0 unspecified atom stereocenters. The highest BCUT2D eigenvalue weighted by Crippen LogP contribution is 2.04. The van der Waals surface area contributed by atoms with Crippen molar-refractivity contribution in [3.05, 3.63) is 35.9 Å². The fraction of sp³-hybridized carbons (Fsp3) is 0.357. The first-order valence-electron chi connectivity index (χ1n) is 6.29. The van der Waals surface area contributed by atoms with Gasteiger partial charge in [-0.2, -0.15) is 0 Å². The summed E-state index contributed by atoms with van der Waals surface area (Å²) in [6.45, 7) is 0.331. The summed E-state index contributed by atoms with van der Waals surface area (Å²) in [5.41, 5.74) is 0.912. The van der Waals surface area contributed by atoms with Crippen molar-refractivity contribution in [1.29, 1.82) is 0 Å². The molecule has 0 aliphatic heterocycles. The number of carbonyl (C=O) groups is 3. The second-order valence-electron chi connectivity index (χ2n) is 4.46. The molecule has 0 spiro atoms. The standard InChI is InChI=1S/C14H18N2O5/c1-16(9-10-6-4-3-5-7-10)14(20)15-11(13(18)19)8-12(17)21-2/h3-7,11H,8-9H2,1-2H3,(H,15,20)(H,18,19)/t11-/m0/s1. The highest BCUT2D eigenvalue weighted by molar-refractivity contribution is 5.86. The number of esters is 1. The molecule has 7 nitrogen and oxygen atoms in total. The average molecular weight is 294 g/mol. The maximum atomic E-state index is 11.9. The fourth-order valence-electron chi connectivity index (χ4n) is 1.64. The van der Waals surface area contributed by atoms with Crippen LogP contribution >= 0.6 is 0 Å². The largest absolute Gasteiger partial charge is 0.480 e. The summed E-state index contributed by atoms with van der Waals surface area (Å²) in [6.07, 6.45) is -0.420. The van der Waals surface area contributed by atoms with Gasteiger partial charge in [-0.25, -0.2) is 9.59 Å². The number of amides is 2. The Bertz CT molecular complexity index is 503. The highest BCUT2D eigenvalue weighted by atomic mass is 16.5. The van der Waals surface area contributed by atoms with Gasteiger partial charge in [-0.3, -0.25) is 4.79 Å². The van der Waals surface area contributed by atoms with Crippen LogP contribution in [0.4, 0.5) is 4.79 Å². The number of methoxy groups -OCH3 is 1. The van der Waals surface area contributed by atoms with Crippen molar-refractivity contribution in [3.63, 3.8) is 0 Å². The van der Waals surface area contributed by atoms with Gasteiger partial charge < -0.3 is 20.1 Å². The third-order valence-corrected chi connectivity index (χ3v) is 2.80. The summed E-state index contributed by atoms with van der Waals surface area (Å²) in [5, 5.41) is 11.3. The van der Waals surface area contributed by atoms with Crippen LogP contribution in [-0.2, 0) is 20.9 Å². The van der Waals surface area contributed by atoms with Crippen LogP contribution in [0.25, 0.3) is 0 Å². The minimum atomic E-state index is -1.32. The van der Waals surface area contributed by atoms with E-state index in [1.165, 1.54) is 4.90 Å². The smallest absolute Gasteiger partial charge is 0.326 e. The number of aliphatic carboxylic acids is 1. The number of hydrogen-bond donors (Lipinski definition) is 2. The van der Waals surface area contributed by atoms with E-state index in [1.54, 1.807) is 7.05 Å². The molecular formula is C14H18N2O5. The average Bonchev–Trinajstić information content (AvgIpc) is 2.47. The number of carboxylic acids is 1. The molecule has 1 atom stereocenters. The molecule has 0 saturated heterocycles. The Balaban J connectivity index is 2.60. The molecule has 0 saturated carbocycles. The lowest BCUT2D eigenvalue weighted by Gasteiger charge is -2.21. The zero-order chi connectivity index (χ0) is 15.8. The van der Waals surface area contributed by atoms with Crippen LogP contribution in [0.1, 0.15) is 12.0 Å². The second kappa shape index (κ2) is 7.88. The van der Waals surface area contributed by atoms with Crippen LogP contribution < -0.4 is 5.32 Å². The van der Waals surface area contributed by atoms with Gasteiger partial charge in [-0.1, -0.05) is 30.3 Å². The maximum absolute atomic E-state index is 11.9. The van der Waals surface area contributed by atoms with Crippen molar-refractivity contribution in [2.75, 3.05) is 14.2 Å². The van der Waals surface area contributed by atoms with Gasteiger partial charge >= 0.3 is 18.0 Å². The Kier molecular flexibility index (Phi) is 6.19. The third-order valence-electron chi connectivity index (χ3n) is 2.80. The first-order valence-corrected chi connectivity index (χ1v) is 6.29. The zero-order valence-corrected chi connectivity index (χ0v) is 11.9. The van der Waals surface area contributed by atoms with Gasteiger partial charge in [0.15, 0.2) is 0 Å². The van der Waals surface area contributed by atoms with Crippen molar-refractivity contribution >= 4 is 18.0 Å². The predicted molar refractivity (Wildman–Crippen MR) is 74.5 cm³/mol. The Hall–Kier alpha value is -2.57. The van der Waals surface area contributed by atoms with E-state index in [9.17, 15) is 14.4 Å². The molecule has 1 aromatic rings. The summed E-state index contributed by atoms with van der Waals surface area (Å²) in [4.78, 5) is 35.4. The monoisotopic (exact) mass is 294 g/mol. The molecule has 0 aliphatic carbocycles. The molecule has 0 radical (unpaired) electrons. The summed E-state index contributed by atoms with van der Waals surface area (Å²) >= 11 is 0. The summed E-state index contributed by atoms with van der Waals surface area (Å²) < 4.78 is 4.40. The molecule has 7 heteroatoms. The van der Waals surface area contributed by atoms with Gasteiger partial charge in [0.1, 0.15) is 6.04 Å². The second-order valence-corrected chi connectivity index (χ2v) is 4.46. The van der Waals surface area contributed by atoms with E-state index in [2.05, 4.69) is 10.1 Å². The Morgan fingerprint density at radius 2 is 1.90 bits per heavy atom. The van der Waals surface area contributed by atoms with Crippen molar-refractivity contribution in [2.45, 2.75) is 19.0 Å². The molecule has 0 fully saturated rings. The zero-order valence-electron chi connectivity index (χ0n) is 11.9. The fourth-order valence-corrected chi connectivity index (χ4v) is 1.64. The molecule has 2 N–H and O–H groups in total. The molecule has 0 heterocycles. The van der Waals surface area contributed by atoms with Crippen molar-refractivity contribution in [3.8, 4) is 0 Å². The highest BCUT2D eigenvalue weighted by Gasteiger charge is 2.25. The molecule has 114 valence electrons. The van der Waals surface area contributed by atoms with Gasteiger partial charge in [-0.05, 0) is 5.56 Å². The number of ether oxygens (including phenoxy) is 1. The van der Waals surface area contributed by atoms with Gasteiger partial charge in [-0.15, -0.1) is 0 Å². The minimum absolute atomic E-state index is 0.331. The lowest BCUT2D eigenvalue weighted by Crippen LogP contribution is -2.47. The number of nitrogens with zero attached hydrogens (tertiary/aromatic N) is 1. The third kappa shape index (κ3) is 5.52. The van der Waals surface area contributed by atoms with Crippen LogP contribution in [-0.4, -0.2) is 48.2 Å². The quantitative estimate of drug-likeness (QED) is 0.758. The van der Waals surface area contributed by atoms with Crippen molar-refractivity contribution in [2.24, 2.45) is 0 Å². The summed E-state index contributed by atoms with van der Waals surface area (Å²) in [5.74, 6) is -1.99. The SMILES string of the molecule is COC(=O)C[C@H](NC(=O)N(C)Cc1ccccc1)C(=O)O. The first-order chi connectivity index (χ1) is 9.93. The Morgan fingerprint density at radius 3 is 2.43 bits per heavy atom. The van der Waals surface area contributed by atoms with Crippen LogP contribution in [0.5, 0.6) is 0 Å². The molecule has 0 bridgehead atoms. The topological polar surface area (TPSA) is 95.9 Å². The van der Waals surface area contributed by atoms with Crippen molar-refractivity contribution in [1.82, 2.24) is 10.2 Å². The van der Waals surface area contributed by atoms with Crippen LogP contribution in [0, 0.1) is 0 Å². The predicted octanol–water partition coefficient (Wildman–Crippen LogP) is 0.844. The van der Waals surface area contributed by atoms with Gasteiger partial charge in [0.25, 0.3) is 0 Å². The molecular weight excluding hydrogens is 276 g/mol. The van der Waals surface area contributed by atoms with E-state index >= 15 is 0 Å². The first kappa shape index (κ1) is 16.5. The molecule has 1 aromatic carbocycles. The van der Waals surface area contributed by atoms with Gasteiger partial charge in [0.05, 0.1) is 13.5 Å². The van der Waals surface area contributed by atoms with Gasteiger partial charge in [0, 0.05) is 13.6 Å². The number of benzene rings is 1. The van der Waals surface area contributed by atoms with E-state index in [0.717, 1.165) is 12.7 Å². The molecule has 21 heavy (non-hydrogen) atoms. The van der Waals surface area contributed by atoms with Crippen LogP contribution in [0.15, 0.2) is 30.3 Å². The number of carbonyl (C=O) groups excluding carboxylic acids is 2. The normalized spacial score (nSPS) is 11.3. The van der Waals surface area contributed by atoms with E-state index in [4.69, 9.17) is 5.11 Å². The molecule has 0 aromatic heterocycles. The van der Waals surface area contributed by atoms with E-state index in [0.29, 0.717) is 6.54 Å². The van der Waals surface area contributed by atoms with E-state index in [1.807, 2.05) is 30.3 Å². The van der Waals surface area contributed by atoms with Crippen LogP contribution in [0.2, 0.25) is 0 Å². The molecule has 1 rings (SSSR count). The summed E-state index contributed by atoms with van der Waals surface area (Å²) in [6, 6.07) is 7.37. The number of hydrogen-bond acceptors (Lipinski definition) is 4. The number of rotatable bonds is 6. The van der Waals surface area contributed by atoms with Crippen LogP contribution in [0.3, 0.4) is 0 Å². The number of urea groups is 1. The van der Waals surface area contributed by atoms with Crippen molar-refractivity contribution < 1.29 is 24.2 Å². The number of carboxylic acid groups (broad SMARTS) is 1. The van der Waals surface area contributed by atoms with E-state index < -0.39 is 30.4 Å². The maximum Gasteiger partial charge on any atom is 0.326 e. The van der Waals surface area contributed by atoms with Gasteiger partial charge in [0.2, 0.25) is 0 Å². The Labute approximate surface area is 122 Å². The lowest BCUT2D eigenvalue weighted by atomic mass is 10.2. The molecule has 0 aliphatic rings. The number of nitrogens with one attached hydrogen (secondary N) is 1. The lowest BCUT2D eigenvalue weighted by molar-refractivity contribution is -0.147. The Morgan fingerprint density at radius 1 is 1.29 bits per heavy atom.